The average molecular weight is 284 g/mol. The van der Waals surface area contributed by atoms with Gasteiger partial charge >= 0.3 is 0 Å². The average Bonchev–Trinajstić information content (AvgIpc) is 2.97. The smallest absolute Gasteiger partial charge is 0.250 e. The Labute approximate surface area is 127 Å². The first kappa shape index (κ1) is 14.3. The fraction of sp³-hybridized carbons (Fsp3) is 0.500. The van der Waals surface area contributed by atoms with Crippen LogP contribution in [0.15, 0.2) is 36.9 Å². The van der Waals surface area contributed by atoms with E-state index in [1.54, 1.807) is 11.9 Å². The third-order valence-electron chi connectivity index (χ3n) is 5.02. The van der Waals surface area contributed by atoms with Crippen molar-refractivity contribution in [1.29, 1.82) is 0 Å². The summed E-state index contributed by atoms with van der Waals surface area (Å²) in [6.45, 7) is 4.78. The van der Waals surface area contributed by atoms with E-state index in [0.717, 1.165) is 11.7 Å². The van der Waals surface area contributed by atoms with Crippen molar-refractivity contribution in [1.82, 2.24) is 4.90 Å². The van der Waals surface area contributed by atoms with Crippen molar-refractivity contribution in [2.24, 2.45) is 0 Å². The van der Waals surface area contributed by atoms with E-state index < -0.39 is 0 Å². The van der Waals surface area contributed by atoms with Gasteiger partial charge in [0, 0.05) is 24.8 Å². The summed E-state index contributed by atoms with van der Waals surface area (Å²) in [7, 11) is 1.79. The molecule has 0 aliphatic carbocycles. The molecule has 0 saturated carbocycles. The van der Waals surface area contributed by atoms with Gasteiger partial charge in [0.15, 0.2) is 0 Å². The number of anilines is 1. The molecule has 0 radical (unpaired) electrons. The molecular formula is C18H24N2O. The second-order valence-corrected chi connectivity index (χ2v) is 6.17. The Hall–Kier alpha value is -1.61. The maximum absolute atomic E-state index is 11.6. The van der Waals surface area contributed by atoms with E-state index >= 15 is 0 Å². The SMILES string of the molecule is C=CC(=O)N(C)c1ccc([C@@H]2CC[C@H]3CCCCN32)cc1. The molecule has 0 aromatic heterocycles. The first-order valence-corrected chi connectivity index (χ1v) is 7.96. The van der Waals surface area contributed by atoms with Gasteiger partial charge in [-0.1, -0.05) is 25.1 Å². The molecule has 3 heteroatoms. The van der Waals surface area contributed by atoms with Gasteiger partial charge in [-0.3, -0.25) is 9.69 Å². The Bertz CT molecular complexity index is 523. The van der Waals surface area contributed by atoms with Gasteiger partial charge in [-0.15, -0.1) is 0 Å². The minimum absolute atomic E-state index is 0.0697. The van der Waals surface area contributed by atoms with Crippen molar-refractivity contribution in [3.63, 3.8) is 0 Å². The zero-order chi connectivity index (χ0) is 14.8. The van der Waals surface area contributed by atoms with Gasteiger partial charge in [0.05, 0.1) is 0 Å². The molecule has 2 atom stereocenters. The minimum Gasteiger partial charge on any atom is -0.312 e. The van der Waals surface area contributed by atoms with E-state index in [2.05, 4.69) is 23.6 Å². The molecule has 1 amide bonds. The molecule has 112 valence electrons. The summed E-state index contributed by atoms with van der Waals surface area (Å²) in [5.41, 5.74) is 2.32. The molecule has 2 aliphatic heterocycles. The van der Waals surface area contributed by atoms with Crippen LogP contribution in [0.2, 0.25) is 0 Å². The number of hydrogen-bond donors (Lipinski definition) is 0. The van der Waals surface area contributed by atoms with Crippen molar-refractivity contribution >= 4 is 11.6 Å². The minimum atomic E-state index is -0.0697. The van der Waals surface area contributed by atoms with Crippen LogP contribution >= 0.6 is 0 Å². The number of carbonyl (C=O) groups is 1. The molecule has 1 aromatic carbocycles. The molecular weight excluding hydrogens is 260 g/mol. The highest BCUT2D eigenvalue weighted by molar-refractivity contribution is 6.00. The van der Waals surface area contributed by atoms with E-state index in [1.807, 2.05) is 12.1 Å². The second-order valence-electron chi connectivity index (χ2n) is 6.17. The van der Waals surface area contributed by atoms with Gasteiger partial charge in [0.2, 0.25) is 5.91 Å². The van der Waals surface area contributed by atoms with Crippen LogP contribution in [0, 0.1) is 0 Å². The summed E-state index contributed by atoms with van der Waals surface area (Å²) in [6.07, 6.45) is 8.05. The molecule has 2 aliphatic rings. The van der Waals surface area contributed by atoms with Crippen molar-refractivity contribution in [2.75, 3.05) is 18.5 Å². The van der Waals surface area contributed by atoms with Crippen LogP contribution in [0.5, 0.6) is 0 Å². The van der Waals surface area contributed by atoms with Gasteiger partial charge in [-0.2, -0.15) is 0 Å². The molecule has 0 spiro atoms. The van der Waals surface area contributed by atoms with Crippen molar-refractivity contribution in [3.05, 3.63) is 42.5 Å². The molecule has 0 unspecified atom stereocenters. The summed E-state index contributed by atoms with van der Waals surface area (Å²) in [5.74, 6) is -0.0697. The van der Waals surface area contributed by atoms with Crippen LogP contribution in [0.4, 0.5) is 5.69 Å². The zero-order valence-corrected chi connectivity index (χ0v) is 12.8. The van der Waals surface area contributed by atoms with Crippen LogP contribution in [0.25, 0.3) is 0 Å². The summed E-state index contributed by atoms with van der Waals surface area (Å²) >= 11 is 0. The molecule has 2 heterocycles. The molecule has 3 rings (SSSR count). The van der Waals surface area contributed by atoms with E-state index in [9.17, 15) is 4.79 Å². The Morgan fingerprint density at radius 2 is 2.00 bits per heavy atom. The van der Waals surface area contributed by atoms with E-state index in [-0.39, 0.29) is 5.91 Å². The normalized spacial score (nSPS) is 25.4. The number of nitrogens with zero attached hydrogens (tertiary/aromatic N) is 2. The highest BCUT2D eigenvalue weighted by Gasteiger charge is 2.35. The Morgan fingerprint density at radius 1 is 1.24 bits per heavy atom. The fourth-order valence-electron chi connectivity index (χ4n) is 3.80. The number of amides is 1. The Kier molecular flexibility index (Phi) is 4.11. The summed E-state index contributed by atoms with van der Waals surface area (Å²) in [6, 6.07) is 9.84. The quantitative estimate of drug-likeness (QED) is 0.793. The Morgan fingerprint density at radius 3 is 2.71 bits per heavy atom. The molecule has 3 nitrogen and oxygen atoms in total. The molecule has 0 N–H and O–H groups in total. The molecule has 21 heavy (non-hydrogen) atoms. The number of likely N-dealkylation sites (N-methyl/N-ethyl adjacent to an activating group) is 1. The standard InChI is InChI=1S/C18H24N2O/c1-3-18(21)19(2)15-9-7-14(8-10-15)17-12-11-16-6-4-5-13-20(16)17/h3,7-10,16-17H,1,4-6,11-13H2,2H3/t16-,17+/m1/s1. The predicted octanol–water partition coefficient (Wildman–Crippen LogP) is 3.52. The van der Waals surface area contributed by atoms with Crippen molar-refractivity contribution in [3.8, 4) is 0 Å². The largest absolute Gasteiger partial charge is 0.312 e. The lowest BCUT2D eigenvalue weighted by atomic mass is 10.0. The van der Waals surface area contributed by atoms with E-state index in [0.29, 0.717) is 6.04 Å². The van der Waals surface area contributed by atoms with Crippen molar-refractivity contribution < 1.29 is 4.79 Å². The molecule has 2 saturated heterocycles. The maximum atomic E-state index is 11.6. The summed E-state index contributed by atoms with van der Waals surface area (Å²) in [4.78, 5) is 16.0. The lowest BCUT2D eigenvalue weighted by Gasteiger charge is -2.34. The highest BCUT2D eigenvalue weighted by Crippen LogP contribution is 2.40. The topological polar surface area (TPSA) is 23.6 Å². The number of hydrogen-bond acceptors (Lipinski definition) is 2. The third kappa shape index (κ3) is 2.75. The van der Waals surface area contributed by atoms with Gasteiger partial charge in [0.1, 0.15) is 0 Å². The molecule has 1 aromatic rings. The third-order valence-corrected chi connectivity index (χ3v) is 5.02. The number of piperidine rings is 1. The van der Waals surface area contributed by atoms with Crippen LogP contribution in [0.3, 0.4) is 0 Å². The zero-order valence-electron chi connectivity index (χ0n) is 12.8. The fourth-order valence-corrected chi connectivity index (χ4v) is 3.80. The number of fused-ring (bicyclic) bond motifs is 1. The Balaban J connectivity index is 1.75. The van der Waals surface area contributed by atoms with Crippen LogP contribution in [-0.4, -0.2) is 30.4 Å². The molecule has 0 bridgehead atoms. The maximum Gasteiger partial charge on any atom is 0.250 e. The van der Waals surface area contributed by atoms with E-state index in [4.69, 9.17) is 0 Å². The van der Waals surface area contributed by atoms with Crippen molar-refractivity contribution in [2.45, 2.75) is 44.2 Å². The monoisotopic (exact) mass is 284 g/mol. The first-order chi connectivity index (χ1) is 10.2. The second kappa shape index (κ2) is 6.02. The van der Waals surface area contributed by atoms with Gasteiger partial charge in [0.25, 0.3) is 0 Å². The predicted molar refractivity (Wildman–Crippen MR) is 86.4 cm³/mol. The number of benzene rings is 1. The van der Waals surface area contributed by atoms with Gasteiger partial charge < -0.3 is 4.90 Å². The summed E-state index contributed by atoms with van der Waals surface area (Å²) in [5, 5.41) is 0. The lowest BCUT2D eigenvalue weighted by molar-refractivity contribution is -0.113. The summed E-state index contributed by atoms with van der Waals surface area (Å²) < 4.78 is 0. The molecule has 2 fully saturated rings. The number of rotatable bonds is 3. The van der Waals surface area contributed by atoms with Crippen LogP contribution in [0.1, 0.15) is 43.7 Å². The number of carbonyl (C=O) groups excluding carboxylic acids is 1. The van der Waals surface area contributed by atoms with Gasteiger partial charge in [-0.25, -0.2) is 0 Å². The van der Waals surface area contributed by atoms with E-state index in [1.165, 1.54) is 50.3 Å². The lowest BCUT2D eigenvalue weighted by Crippen LogP contribution is -2.35. The first-order valence-electron chi connectivity index (χ1n) is 7.96. The van der Waals surface area contributed by atoms with Gasteiger partial charge in [-0.05, 0) is 56.0 Å². The highest BCUT2D eigenvalue weighted by atomic mass is 16.2. The van der Waals surface area contributed by atoms with Crippen LogP contribution in [-0.2, 0) is 4.79 Å². The van der Waals surface area contributed by atoms with Crippen LogP contribution < -0.4 is 4.90 Å².